The molecule has 29 heavy (non-hydrogen) atoms. The Kier molecular flexibility index (Phi) is 5.20. The van der Waals surface area contributed by atoms with Gasteiger partial charge in [-0.25, -0.2) is 8.78 Å². The van der Waals surface area contributed by atoms with Gasteiger partial charge in [-0.2, -0.15) is 0 Å². The van der Waals surface area contributed by atoms with Crippen LogP contribution in [0.25, 0.3) is 11.3 Å². The molecule has 0 aliphatic carbocycles. The van der Waals surface area contributed by atoms with Crippen molar-refractivity contribution in [2.75, 3.05) is 12.4 Å². The number of carbonyl (C=O) groups excluding carboxylic acids is 1. The molecular formula is C23H22F2N2O2. The van der Waals surface area contributed by atoms with E-state index < -0.39 is 23.1 Å². The molecule has 0 saturated heterocycles. The second-order valence-corrected chi connectivity index (χ2v) is 7.30. The number of amides is 1. The summed E-state index contributed by atoms with van der Waals surface area (Å²) in [4.78, 5) is 12.4. The summed E-state index contributed by atoms with van der Waals surface area (Å²) in [6.07, 6.45) is 2.11. The minimum Gasteiger partial charge on any atom is -0.381 e. The van der Waals surface area contributed by atoms with Gasteiger partial charge in [0.2, 0.25) is 0 Å². The summed E-state index contributed by atoms with van der Waals surface area (Å²) in [6, 6.07) is 13.9. The lowest BCUT2D eigenvalue weighted by atomic mass is 10.1. The maximum Gasteiger partial charge on any atom is 0.261 e. The van der Waals surface area contributed by atoms with Gasteiger partial charge >= 0.3 is 0 Å². The smallest absolute Gasteiger partial charge is 0.261 e. The Hall–Kier alpha value is -2.99. The summed E-state index contributed by atoms with van der Waals surface area (Å²) in [6.45, 7) is 2.38. The standard InChI is InChI=1S/C23H22F2N2O2/c1-14-3-9-19(24)21(22(14)25)23(28)26-16-6-4-15(5-7-16)20-10-8-17-13-18(29-2)11-12-27(17)20/h3-10,18H,11-13H2,1-2H3,(H,26,28). The van der Waals surface area contributed by atoms with Gasteiger partial charge in [0, 0.05) is 37.2 Å². The number of aryl methyl sites for hydroxylation is 1. The average molecular weight is 396 g/mol. The first-order chi connectivity index (χ1) is 14.0. The molecule has 150 valence electrons. The fourth-order valence-corrected chi connectivity index (χ4v) is 3.80. The van der Waals surface area contributed by atoms with Crippen LogP contribution in [0.2, 0.25) is 0 Å². The zero-order chi connectivity index (χ0) is 20.5. The highest BCUT2D eigenvalue weighted by molar-refractivity contribution is 6.04. The molecule has 1 unspecified atom stereocenters. The van der Waals surface area contributed by atoms with Gasteiger partial charge in [0.1, 0.15) is 17.2 Å². The van der Waals surface area contributed by atoms with Crippen molar-refractivity contribution in [3.63, 3.8) is 0 Å². The van der Waals surface area contributed by atoms with Gasteiger partial charge in [0.05, 0.1) is 6.10 Å². The van der Waals surface area contributed by atoms with Gasteiger partial charge in [0.25, 0.3) is 5.91 Å². The van der Waals surface area contributed by atoms with E-state index in [2.05, 4.69) is 22.0 Å². The highest BCUT2D eigenvalue weighted by Crippen LogP contribution is 2.29. The molecular weight excluding hydrogens is 374 g/mol. The fourth-order valence-electron chi connectivity index (χ4n) is 3.80. The number of hydrogen-bond acceptors (Lipinski definition) is 2. The van der Waals surface area contributed by atoms with Crippen LogP contribution in [0, 0.1) is 18.6 Å². The number of ether oxygens (including phenoxy) is 1. The molecule has 0 fully saturated rings. The van der Waals surface area contributed by atoms with Crippen LogP contribution in [0.1, 0.15) is 28.0 Å². The Bertz CT molecular complexity index is 1060. The number of benzene rings is 2. The molecule has 2 aromatic carbocycles. The van der Waals surface area contributed by atoms with Crippen molar-refractivity contribution in [2.24, 2.45) is 0 Å². The van der Waals surface area contributed by atoms with Crippen molar-refractivity contribution in [3.05, 3.63) is 77.0 Å². The van der Waals surface area contributed by atoms with E-state index in [1.807, 2.05) is 12.1 Å². The van der Waals surface area contributed by atoms with Crippen LogP contribution < -0.4 is 5.32 Å². The molecule has 1 N–H and O–H groups in total. The predicted molar refractivity (Wildman–Crippen MR) is 108 cm³/mol. The van der Waals surface area contributed by atoms with Crippen molar-refractivity contribution in [1.29, 1.82) is 0 Å². The molecule has 0 saturated carbocycles. The van der Waals surface area contributed by atoms with Crippen molar-refractivity contribution in [3.8, 4) is 11.3 Å². The van der Waals surface area contributed by atoms with Crippen molar-refractivity contribution in [1.82, 2.24) is 4.57 Å². The fraction of sp³-hybridized carbons (Fsp3) is 0.261. The maximum atomic E-state index is 14.2. The van der Waals surface area contributed by atoms with Crippen LogP contribution in [0.4, 0.5) is 14.5 Å². The second kappa shape index (κ2) is 7.79. The summed E-state index contributed by atoms with van der Waals surface area (Å²) in [5.41, 5.74) is 3.48. The third-order valence-corrected chi connectivity index (χ3v) is 5.47. The predicted octanol–water partition coefficient (Wildman–Crippen LogP) is 4.96. The zero-order valence-corrected chi connectivity index (χ0v) is 16.3. The number of carbonyl (C=O) groups is 1. The molecule has 1 atom stereocenters. The molecule has 1 amide bonds. The zero-order valence-electron chi connectivity index (χ0n) is 16.3. The Morgan fingerprint density at radius 2 is 1.86 bits per heavy atom. The number of nitrogens with one attached hydrogen (secondary N) is 1. The Balaban J connectivity index is 1.53. The first-order valence-corrected chi connectivity index (χ1v) is 9.55. The summed E-state index contributed by atoms with van der Waals surface area (Å²) in [5, 5.41) is 2.57. The van der Waals surface area contributed by atoms with Crippen LogP contribution in [0.15, 0.2) is 48.5 Å². The van der Waals surface area contributed by atoms with Gasteiger partial charge < -0.3 is 14.6 Å². The molecule has 0 radical (unpaired) electrons. The molecule has 1 aromatic heterocycles. The van der Waals surface area contributed by atoms with Crippen molar-refractivity contribution >= 4 is 11.6 Å². The topological polar surface area (TPSA) is 43.3 Å². The molecule has 1 aliphatic rings. The summed E-state index contributed by atoms with van der Waals surface area (Å²) in [7, 11) is 1.74. The van der Waals surface area contributed by atoms with Crippen LogP contribution in [0.5, 0.6) is 0 Å². The first kappa shape index (κ1) is 19.3. The average Bonchev–Trinajstić information content (AvgIpc) is 3.14. The second-order valence-electron chi connectivity index (χ2n) is 7.30. The van der Waals surface area contributed by atoms with E-state index in [-0.39, 0.29) is 11.7 Å². The van der Waals surface area contributed by atoms with Gasteiger partial charge in [-0.05, 0) is 54.8 Å². The summed E-state index contributed by atoms with van der Waals surface area (Å²) >= 11 is 0. The third kappa shape index (κ3) is 3.68. The number of fused-ring (bicyclic) bond motifs is 1. The van der Waals surface area contributed by atoms with Crippen LogP contribution in [0.3, 0.4) is 0 Å². The lowest BCUT2D eigenvalue weighted by Crippen LogP contribution is -2.24. The van der Waals surface area contributed by atoms with E-state index >= 15 is 0 Å². The lowest BCUT2D eigenvalue weighted by molar-refractivity contribution is 0.0812. The van der Waals surface area contributed by atoms with Crippen molar-refractivity contribution < 1.29 is 18.3 Å². The molecule has 3 aromatic rings. The monoisotopic (exact) mass is 396 g/mol. The van der Waals surface area contributed by atoms with Gasteiger partial charge in [-0.3, -0.25) is 4.79 Å². The SMILES string of the molecule is COC1CCn2c(ccc2-c2ccc(NC(=O)c3c(F)ccc(C)c3F)cc2)C1. The summed E-state index contributed by atoms with van der Waals surface area (Å²) < 4.78 is 35.8. The van der Waals surface area contributed by atoms with E-state index in [0.717, 1.165) is 36.7 Å². The van der Waals surface area contributed by atoms with Gasteiger partial charge in [-0.1, -0.05) is 18.2 Å². The number of nitrogens with zero attached hydrogens (tertiary/aromatic N) is 1. The number of aromatic nitrogens is 1. The molecule has 0 bridgehead atoms. The molecule has 4 nitrogen and oxygen atoms in total. The number of rotatable bonds is 4. The summed E-state index contributed by atoms with van der Waals surface area (Å²) in [5.74, 6) is -2.52. The molecule has 6 heteroatoms. The third-order valence-electron chi connectivity index (χ3n) is 5.47. The number of anilines is 1. The van der Waals surface area contributed by atoms with Crippen LogP contribution in [-0.4, -0.2) is 23.7 Å². The number of hydrogen-bond donors (Lipinski definition) is 1. The van der Waals surface area contributed by atoms with E-state index in [1.54, 1.807) is 19.2 Å². The van der Waals surface area contributed by atoms with Crippen molar-refractivity contribution in [2.45, 2.75) is 32.4 Å². The first-order valence-electron chi connectivity index (χ1n) is 9.55. The van der Waals surface area contributed by atoms with Gasteiger partial charge in [0.15, 0.2) is 0 Å². The molecule has 0 spiro atoms. The van der Waals surface area contributed by atoms with Crippen LogP contribution >= 0.6 is 0 Å². The number of methoxy groups -OCH3 is 1. The van der Waals surface area contributed by atoms with Gasteiger partial charge in [-0.15, -0.1) is 0 Å². The maximum absolute atomic E-state index is 14.2. The van der Waals surface area contributed by atoms with E-state index in [0.29, 0.717) is 5.69 Å². The van der Waals surface area contributed by atoms with E-state index in [1.165, 1.54) is 18.7 Å². The molecule has 4 rings (SSSR count). The molecule has 1 aliphatic heterocycles. The Labute approximate surface area is 168 Å². The Morgan fingerprint density at radius 3 is 2.59 bits per heavy atom. The molecule has 2 heterocycles. The highest BCUT2D eigenvalue weighted by Gasteiger charge is 2.21. The Morgan fingerprint density at radius 1 is 1.10 bits per heavy atom. The minimum atomic E-state index is -0.878. The normalized spacial score (nSPS) is 15.8. The quantitative estimate of drug-likeness (QED) is 0.678. The highest BCUT2D eigenvalue weighted by atomic mass is 19.1. The lowest BCUT2D eigenvalue weighted by Gasteiger charge is -2.24. The van der Waals surface area contributed by atoms with E-state index in [9.17, 15) is 13.6 Å². The van der Waals surface area contributed by atoms with E-state index in [4.69, 9.17) is 4.74 Å². The number of halogens is 2. The minimum absolute atomic E-state index is 0.223. The largest absolute Gasteiger partial charge is 0.381 e. The van der Waals surface area contributed by atoms with Crippen LogP contribution in [-0.2, 0) is 17.7 Å².